The van der Waals surface area contributed by atoms with Crippen molar-refractivity contribution in [2.45, 2.75) is 30.8 Å². The molecule has 2 heterocycles. The highest BCUT2D eigenvalue weighted by Crippen LogP contribution is 2.51. The molecule has 1 aliphatic carbocycles. The highest BCUT2D eigenvalue weighted by Gasteiger charge is 2.47. The minimum absolute atomic E-state index is 0.115. The second-order valence-electron chi connectivity index (χ2n) is 4.88. The fraction of sp³-hybridized carbons (Fsp3) is 0.583. The average molecular weight is 318 g/mol. The number of halogens is 2. The Labute approximate surface area is 114 Å². The largest absolute Gasteiger partial charge is 0.381 e. The molecule has 1 saturated carbocycles. The molecule has 1 N–H and O–H groups in total. The van der Waals surface area contributed by atoms with Crippen molar-refractivity contribution in [2.24, 2.45) is 0 Å². The third kappa shape index (κ3) is 1.69. The SMILES string of the molecule is COC1CCC2(CNc3ncc(Br)c(Cl)c32)C1. The van der Waals surface area contributed by atoms with Crippen molar-refractivity contribution in [1.82, 2.24) is 4.98 Å². The first-order valence-corrected chi connectivity index (χ1v) is 6.94. The number of nitrogens with zero attached hydrogens (tertiary/aromatic N) is 1. The van der Waals surface area contributed by atoms with E-state index in [4.69, 9.17) is 16.3 Å². The van der Waals surface area contributed by atoms with E-state index >= 15 is 0 Å². The molecule has 2 unspecified atom stereocenters. The van der Waals surface area contributed by atoms with Crippen molar-refractivity contribution in [3.8, 4) is 0 Å². The maximum absolute atomic E-state index is 6.43. The summed E-state index contributed by atoms with van der Waals surface area (Å²) in [5.41, 5.74) is 1.29. The van der Waals surface area contributed by atoms with Crippen LogP contribution in [-0.4, -0.2) is 24.7 Å². The number of rotatable bonds is 1. The van der Waals surface area contributed by atoms with Gasteiger partial charge in [-0.25, -0.2) is 4.98 Å². The van der Waals surface area contributed by atoms with Crippen LogP contribution in [-0.2, 0) is 10.2 Å². The molecular weight excluding hydrogens is 304 g/mol. The van der Waals surface area contributed by atoms with Gasteiger partial charge in [0.05, 0.1) is 15.6 Å². The van der Waals surface area contributed by atoms with Crippen LogP contribution >= 0.6 is 27.5 Å². The Bertz CT molecular complexity index is 468. The molecule has 2 atom stereocenters. The molecule has 3 rings (SSSR count). The van der Waals surface area contributed by atoms with Crippen LogP contribution in [0.2, 0.25) is 5.02 Å². The van der Waals surface area contributed by atoms with E-state index in [-0.39, 0.29) is 5.41 Å². The van der Waals surface area contributed by atoms with E-state index in [0.29, 0.717) is 6.10 Å². The first-order chi connectivity index (χ1) is 8.16. The maximum Gasteiger partial charge on any atom is 0.131 e. The molecule has 0 radical (unpaired) electrons. The lowest BCUT2D eigenvalue weighted by Crippen LogP contribution is -2.26. The number of hydrogen-bond acceptors (Lipinski definition) is 3. The van der Waals surface area contributed by atoms with Gasteiger partial charge in [-0.2, -0.15) is 0 Å². The molecule has 5 heteroatoms. The fourth-order valence-electron chi connectivity index (χ4n) is 3.09. The van der Waals surface area contributed by atoms with Crippen LogP contribution < -0.4 is 5.32 Å². The lowest BCUT2D eigenvalue weighted by Gasteiger charge is -2.24. The average Bonchev–Trinajstić information content (AvgIpc) is 2.90. The van der Waals surface area contributed by atoms with Crippen molar-refractivity contribution in [1.29, 1.82) is 0 Å². The van der Waals surface area contributed by atoms with Gasteiger partial charge in [-0.3, -0.25) is 0 Å². The molecule has 0 aromatic carbocycles. The molecule has 0 bridgehead atoms. The van der Waals surface area contributed by atoms with Crippen molar-refractivity contribution in [3.63, 3.8) is 0 Å². The van der Waals surface area contributed by atoms with E-state index < -0.39 is 0 Å². The minimum Gasteiger partial charge on any atom is -0.381 e. The molecule has 1 aromatic heterocycles. The van der Waals surface area contributed by atoms with E-state index in [1.54, 1.807) is 13.3 Å². The predicted octanol–water partition coefficient (Wildman–Crippen LogP) is 3.36. The van der Waals surface area contributed by atoms with Crippen LogP contribution in [0.5, 0.6) is 0 Å². The van der Waals surface area contributed by atoms with Crippen LogP contribution in [0.3, 0.4) is 0 Å². The molecule has 1 aromatic rings. The molecule has 0 amide bonds. The highest BCUT2D eigenvalue weighted by atomic mass is 79.9. The van der Waals surface area contributed by atoms with Gasteiger partial charge in [0.25, 0.3) is 0 Å². The minimum atomic E-state index is 0.115. The van der Waals surface area contributed by atoms with Gasteiger partial charge in [0.1, 0.15) is 5.82 Å². The first-order valence-electron chi connectivity index (χ1n) is 5.77. The molecule has 1 aliphatic heterocycles. The van der Waals surface area contributed by atoms with Gasteiger partial charge in [0.15, 0.2) is 0 Å². The number of fused-ring (bicyclic) bond motifs is 2. The first kappa shape index (κ1) is 11.8. The Balaban J connectivity index is 2.06. The zero-order valence-corrected chi connectivity index (χ0v) is 11.9. The van der Waals surface area contributed by atoms with E-state index in [1.807, 2.05) is 0 Å². The summed E-state index contributed by atoms with van der Waals surface area (Å²) >= 11 is 9.89. The Kier molecular flexibility index (Phi) is 2.84. The molecule has 1 spiro atoms. The number of nitrogens with one attached hydrogen (secondary N) is 1. The van der Waals surface area contributed by atoms with Crippen molar-refractivity contribution < 1.29 is 4.74 Å². The molecule has 17 heavy (non-hydrogen) atoms. The Morgan fingerprint density at radius 1 is 1.65 bits per heavy atom. The number of methoxy groups -OCH3 is 1. The van der Waals surface area contributed by atoms with Gasteiger partial charge in [0, 0.05) is 30.8 Å². The van der Waals surface area contributed by atoms with E-state index in [0.717, 1.165) is 41.1 Å². The predicted molar refractivity (Wildman–Crippen MR) is 71.8 cm³/mol. The Morgan fingerprint density at radius 2 is 2.47 bits per heavy atom. The van der Waals surface area contributed by atoms with E-state index in [9.17, 15) is 0 Å². The van der Waals surface area contributed by atoms with Crippen molar-refractivity contribution >= 4 is 33.3 Å². The quantitative estimate of drug-likeness (QED) is 0.862. The van der Waals surface area contributed by atoms with Crippen LogP contribution in [0.1, 0.15) is 24.8 Å². The fourth-order valence-corrected chi connectivity index (χ4v) is 3.73. The van der Waals surface area contributed by atoms with Gasteiger partial charge >= 0.3 is 0 Å². The van der Waals surface area contributed by atoms with Gasteiger partial charge < -0.3 is 10.1 Å². The van der Waals surface area contributed by atoms with Gasteiger partial charge in [-0.1, -0.05) is 11.6 Å². The zero-order valence-electron chi connectivity index (χ0n) is 9.59. The van der Waals surface area contributed by atoms with E-state index in [2.05, 4.69) is 26.2 Å². The summed E-state index contributed by atoms with van der Waals surface area (Å²) in [5, 5.41) is 4.18. The number of aromatic nitrogens is 1. The number of ether oxygens (including phenoxy) is 1. The van der Waals surface area contributed by atoms with Crippen LogP contribution in [0.15, 0.2) is 10.7 Å². The third-order valence-electron chi connectivity index (χ3n) is 3.99. The highest BCUT2D eigenvalue weighted by molar-refractivity contribution is 9.10. The van der Waals surface area contributed by atoms with Crippen LogP contribution in [0.25, 0.3) is 0 Å². The molecular formula is C12H14BrClN2O. The Hall–Kier alpha value is -0.320. The van der Waals surface area contributed by atoms with Crippen LogP contribution in [0, 0.1) is 0 Å². The number of hydrogen-bond donors (Lipinski definition) is 1. The lowest BCUT2D eigenvalue weighted by molar-refractivity contribution is 0.104. The Morgan fingerprint density at radius 3 is 3.18 bits per heavy atom. The summed E-state index contributed by atoms with van der Waals surface area (Å²) in [6, 6.07) is 0. The van der Waals surface area contributed by atoms with Gasteiger partial charge in [0.2, 0.25) is 0 Å². The van der Waals surface area contributed by atoms with Crippen molar-refractivity contribution in [3.05, 3.63) is 21.3 Å². The summed E-state index contributed by atoms with van der Waals surface area (Å²) in [6.07, 6.45) is 5.35. The van der Waals surface area contributed by atoms with Crippen molar-refractivity contribution in [2.75, 3.05) is 19.0 Å². The number of pyridine rings is 1. The molecule has 1 fully saturated rings. The summed E-state index contributed by atoms with van der Waals surface area (Å²) < 4.78 is 6.36. The smallest absolute Gasteiger partial charge is 0.131 e. The second-order valence-corrected chi connectivity index (χ2v) is 6.11. The number of anilines is 1. The monoisotopic (exact) mass is 316 g/mol. The topological polar surface area (TPSA) is 34.1 Å². The molecule has 2 aliphatic rings. The normalized spacial score (nSPS) is 30.6. The molecule has 3 nitrogen and oxygen atoms in total. The van der Waals surface area contributed by atoms with Gasteiger partial charge in [-0.15, -0.1) is 0 Å². The summed E-state index contributed by atoms with van der Waals surface area (Å²) in [5.74, 6) is 0.940. The third-order valence-corrected chi connectivity index (χ3v) is 5.22. The van der Waals surface area contributed by atoms with Gasteiger partial charge in [-0.05, 0) is 35.2 Å². The lowest BCUT2D eigenvalue weighted by atomic mass is 9.81. The van der Waals surface area contributed by atoms with Crippen LogP contribution in [0.4, 0.5) is 5.82 Å². The standard InChI is InChI=1S/C12H14BrClN2O/c1-17-7-2-3-12(4-7)6-16-11-9(12)10(14)8(13)5-15-11/h5,7H,2-4,6H2,1H3,(H,15,16). The summed E-state index contributed by atoms with van der Waals surface area (Å²) in [7, 11) is 1.79. The summed E-state index contributed by atoms with van der Waals surface area (Å²) in [6.45, 7) is 0.922. The summed E-state index contributed by atoms with van der Waals surface area (Å²) in [4.78, 5) is 4.41. The van der Waals surface area contributed by atoms with E-state index in [1.165, 1.54) is 5.56 Å². The zero-order chi connectivity index (χ0) is 12.0. The maximum atomic E-state index is 6.43. The second kappa shape index (κ2) is 4.11. The molecule has 0 saturated heterocycles. The molecule has 92 valence electrons.